The van der Waals surface area contributed by atoms with Crippen molar-refractivity contribution in [2.24, 2.45) is 27.9 Å². The number of fused-ring (bicyclic) bond motifs is 1. The molecule has 0 spiro atoms. The summed E-state index contributed by atoms with van der Waals surface area (Å²) in [6, 6.07) is 21.0. The van der Waals surface area contributed by atoms with Crippen molar-refractivity contribution in [3.05, 3.63) is 96.2 Å². The number of nitrogens with two attached hydrogens (primary N) is 4. The van der Waals surface area contributed by atoms with Crippen LogP contribution in [0.4, 0.5) is 0 Å². The first-order valence-electron chi connectivity index (χ1n) is 16.2. The van der Waals surface area contributed by atoms with Gasteiger partial charge in [-0.25, -0.2) is 0 Å². The van der Waals surface area contributed by atoms with Gasteiger partial charge in [0.05, 0.1) is 6.04 Å². The van der Waals surface area contributed by atoms with Crippen LogP contribution in [0.3, 0.4) is 0 Å². The van der Waals surface area contributed by atoms with Gasteiger partial charge in [-0.1, -0.05) is 72.8 Å². The zero-order valence-electron chi connectivity index (χ0n) is 27.5. The molecule has 4 amide bonds. The second kappa shape index (κ2) is 17.5. The molecule has 0 radical (unpaired) electrons. The first-order valence-corrected chi connectivity index (χ1v) is 16.2. The van der Waals surface area contributed by atoms with Crippen LogP contribution in [0.1, 0.15) is 37.3 Å². The first kappa shape index (κ1) is 36.2. The van der Waals surface area contributed by atoms with Gasteiger partial charge in [-0.2, -0.15) is 0 Å². The van der Waals surface area contributed by atoms with Crippen molar-refractivity contribution in [3.63, 3.8) is 0 Å². The molecule has 0 saturated carbocycles. The van der Waals surface area contributed by atoms with E-state index < -0.39 is 47.8 Å². The van der Waals surface area contributed by atoms with Gasteiger partial charge in [0.1, 0.15) is 18.1 Å². The van der Waals surface area contributed by atoms with Crippen molar-refractivity contribution in [2.75, 3.05) is 6.54 Å². The highest BCUT2D eigenvalue weighted by molar-refractivity contribution is 5.95. The number of carbonyl (C=O) groups excluding carboxylic acids is 4. The first-order chi connectivity index (χ1) is 23.5. The van der Waals surface area contributed by atoms with Gasteiger partial charge >= 0.3 is 0 Å². The summed E-state index contributed by atoms with van der Waals surface area (Å²) >= 11 is 0. The summed E-state index contributed by atoms with van der Waals surface area (Å²) in [5, 5.41) is 9.19. The number of primary amides is 1. The number of guanidine groups is 1. The SMILES string of the molecule is C[C@H](N)C(=O)N[C@@H](Cc1c[nH]c2ccccc12)C(=O)N[C@@H](Cc1ccc(-c2ccccc2)cc1)C(=O)N[C@@H](CCCCN=C(N)N)C(N)=O. The third kappa shape index (κ3) is 10.7. The van der Waals surface area contributed by atoms with E-state index in [0.717, 1.165) is 33.2 Å². The highest BCUT2D eigenvalue weighted by Crippen LogP contribution is 2.21. The van der Waals surface area contributed by atoms with Gasteiger partial charge in [-0.15, -0.1) is 0 Å². The highest BCUT2D eigenvalue weighted by atomic mass is 16.2. The van der Waals surface area contributed by atoms with Crippen LogP contribution >= 0.6 is 0 Å². The van der Waals surface area contributed by atoms with E-state index >= 15 is 0 Å². The van der Waals surface area contributed by atoms with Gasteiger partial charge in [0, 0.05) is 36.5 Å². The summed E-state index contributed by atoms with van der Waals surface area (Å²) in [4.78, 5) is 60.0. The Morgan fingerprint density at radius 1 is 0.714 bits per heavy atom. The molecule has 13 nitrogen and oxygen atoms in total. The van der Waals surface area contributed by atoms with Crippen LogP contribution < -0.4 is 38.9 Å². The predicted octanol–water partition coefficient (Wildman–Crippen LogP) is 1.35. The van der Waals surface area contributed by atoms with Crippen LogP contribution in [0.5, 0.6) is 0 Å². The molecule has 0 aliphatic heterocycles. The number of carbonyl (C=O) groups is 4. The molecule has 3 aromatic carbocycles. The number of rotatable bonds is 17. The minimum atomic E-state index is -1.11. The molecule has 1 heterocycles. The van der Waals surface area contributed by atoms with Gasteiger partial charge in [0.15, 0.2) is 5.96 Å². The number of H-pyrrole nitrogens is 1. The molecule has 0 saturated heterocycles. The Morgan fingerprint density at radius 2 is 1.31 bits per heavy atom. The lowest BCUT2D eigenvalue weighted by atomic mass is 9.99. The monoisotopic (exact) mass is 667 g/mol. The number of nitrogens with one attached hydrogen (secondary N) is 4. The second-order valence-corrected chi connectivity index (χ2v) is 12.0. The van der Waals surface area contributed by atoms with E-state index in [1.54, 1.807) is 6.20 Å². The number of hydrogen-bond acceptors (Lipinski definition) is 6. The van der Waals surface area contributed by atoms with Crippen molar-refractivity contribution in [3.8, 4) is 11.1 Å². The third-order valence-electron chi connectivity index (χ3n) is 8.13. The smallest absolute Gasteiger partial charge is 0.243 e. The summed E-state index contributed by atoms with van der Waals surface area (Å²) in [6.07, 6.45) is 3.35. The molecule has 13 heteroatoms. The van der Waals surface area contributed by atoms with Crippen molar-refractivity contribution in [1.82, 2.24) is 20.9 Å². The molecular formula is C36H45N9O4. The largest absolute Gasteiger partial charge is 0.370 e. The van der Waals surface area contributed by atoms with Gasteiger partial charge in [0.25, 0.3) is 0 Å². The lowest BCUT2D eigenvalue weighted by Gasteiger charge is -2.25. The topological polar surface area (TPSA) is 237 Å². The van der Waals surface area contributed by atoms with E-state index in [2.05, 4.69) is 25.9 Å². The number of nitrogens with zero attached hydrogens (tertiary/aromatic N) is 1. The Bertz CT molecular complexity index is 1750. The van der Waals surface area contributed by atoms with Crippen LogP contribution in [0.25, 0.3) is 22.0 Å². The molecule has 258 valence electrons. The minimum absolute atomic E-state index is 0.0322. The van der Waals surface area contributed by atoms with Crippen molar-refractivity contribution in [2.45, 2.75) is 63.2 Å². The number of aromatic amines is 1. The molecule has 4 atom stereocenters. The molecule has 4 rings (SSSR count). The second-order valence-electron chi connectivity index (χ2n) is 12.0. The van der Waals surface area contributed by atoms with Crippen molar-refractivity contribution in [1.29, 1.82) is 0 Å². The average Bonchev–Trinajstić information content (AvgIpc) is 3.49. The minimum Gasteiger partial charge on any atom is -0.370 e. The molecule has 1 aromatic heterocycles. The number of unbranched alkanes of at least 4 members (excludes halogenated alkanes) is 1. The summed E-state index contributed by atoms with van der Waals surface area (Å²) in [7, 11) is 0. The number of aromatic nitrogens is 1. The van der Waals surface area contributed by atoms with Gasteiger partial charge in [-0.05, 0) is 54.5 Å². The van der Waals surface area contributed by atoms with Crippen molar-refractivity contribution < 1.29 is 19.2 Å². The normalized spacial score (nSPS) is 13.4. The Labute approximate surface area is 285 Å². The lowest BCUT2D eigenvalue weighted by Crippen LogP contribution is -2.58. The van der Waals surface area contributed by atoms with E-state index in [1.807, 2.05) is 78.9 Å². The fourth-order valence-electron chi connectivity index (χ4n) is 5.44. The number of aliphatic imine (C=N–C) groups is 1. The van der Waals surface area contributed by atoms with E-state index in [1.165, 1.54) is 6.92 Å². The molecule has 49 heavy (non-hydrogen) atoms. The third-order valence-corrected chi connectivity index (χ3v) is 8.13. The van der Waals surface area contributed by atoms with Crippen LogP contribution in [0, 0.1) is 0 Å². The van der Waals surface area contributed by atoms with E-state index in [9.17, 15) is 19.2 Å². The van der Waals surface area contributed by atoms with E-state index in [0.29, 0.717) is 19.4 Å². The fourth-order valence-corrected chi connectivity index (χ4v) is 5.44. The molecule has 0 bridgehead atoms. The van der Waals surface area contributed by atoms with Crippen LogP contribution in [-0.4, -0.2) is 65.3 Å². The van der Waals surface area contributed by atoms with E-state index in [4.69, 9.17) is 22.9 Å². The number of hydrogen-bond donors (Lipinski definition) is 8. The highest BCUT2D eigenvalue weighted by Gasteiger charge is 2.30. The van der Waals surface area contributed by atoms with Crippen LogP contribution in [0.2, 0.25) is 0 Å². The maximum atomic E-state index is 13.9. The fraction of sp³-hybridized carbons (Fsp3) is 0.306. The lowest BCUT2D eigenvalue weighted by molar-refractivity contribution is -0.133. The molecule has 0 unspecified atom stereocenters. The summed E-state index contributed by atoms with van der Waals surface area (Å²) in [5.41, 5.74) is 26.7. The summed E-state index contributed by atoms with van der Waals surface area (Å²) in [5.74, 6) is -2.46. The standard InChI is InChI=1S/C36H45N9O4/c1-22(37)33(47)44-31(20-26-21-42-28-12-6-5-11-27(26)28)35(49)45-30(19-23-14-16-25(17-15-23)24-9-3-2-4-10-24)34(48)43-29(32(38)46)13-7-8-18-41-36(39)40/h2-6,9-12,14-17,21-22,29-31,42H,7-8,13,18-20,37H2,1H3,(H2,38,46)(H,43,48)(H,44,47)(H,45,49)(H4,39,40,41)/t22-,29-,30-,31-/m0/s1. The van der Waals surface area contributed by atoms with Gasteiger partial charge in [0.2, 0.25) is 23.6 Å². The van der Waals surface area contributed by atoms with Crippen molar-refractivity contribution >= 4 is 40.5 Å². The number of para-hydroxylation sites is 1. The zero-order valence-corrected chi connectivity index (χ0v) is 27.5. The molecule has 0 fully saturated rings. The number of amides is 4. The Balaban J connectivity index is 1.57. The summed E-state index contributed by atoms with van der Waals surface area (Å²) < 4.78 is 0. The quantitative estimate of drug-likeness (QED) is 0.0467. The average molecular weight is 668 g/mol. The van der Waals surface area contributed by atoms with Crippen LogP contribution in [0.15, 0.2) is 90.1 Å². The predicted molar refractivity (Wildman–Crippen MR) is 191 cm³/mol. The van der Waals surface area contributed by atoms with Gasteiger partial charge < -0.3 is 43.9 Å². The molecule has 4 aromatic rings. The van der Waals surface area contributed by atoms with Gasteiger partial charge in [-0.3, -0.25) is 24.2 Å². The maximum absolute atomic E-state index is 13.9. The molecular weight excluding hydrogens is 622 g/mol. The Kier molecular flexibility index (Phi) is 12.9. The zero-order chi connectivity index (χ0) is 35.3. The molecule has 12 N–H and O–H groups in total. The maximum Gasteiger partial charge on any atom is 0.243 e. The Hall–Kier alpha value is -5.69. The Morgan fingerprint density at radius 3 is 1.96 bits per heavy atom. The summed E-state index contributed by atoms with van der Waals surface area (Å²) in [6.45, 7) is 1.89. The molecule has 0 aliphatic rings. The number of benzene rings is 3. The van der Waals surface area contributed by atoms with E-state index in [-0.39, 0.29) is 25.2 Å². The van der Waals surface area contributed by atoms with Crippen LogP contribution in [-0.2, 0) is 32.0 Å². The molecule has 0 aliphatic carbocycles.